The number of nitrogens with zero attached hydrogens (tertiary/aromatic N) is 4. The molecule has 96 valence electrons. The molecule has 0 amide bonds. The van der Waals surface area contributed by atoms with Crippen LogP contribution < -0.4 is 0 Å². The molecule has 0 saturated heterocycles. The standard InChI is InChI=1S/C11H20N4O2/c1-6-17-11(16)10-13-12-9(3)15(10)8(2)7-14(4)5/h8H,6-7H2,1-5H3. The van der Waals surface area contributed by atoms with E-state index in [9.17, 15) is 4.79 Å². The quantitative estimate of drug-likeness (QED) is 0.715. The fourth-order valence-electron chi connectivity index (χ4n) is 1.84. The van der Waals surface area contributed by atoms with Crippen LogP contribution in [0.15, 0.2) is 0 Å². The van der Waals surface area contributed by atoms with E-state index in [0.29, 0.717) is 6.61 Å². The zero-order chi connectivity index (χ0) is 13.0. The first-order valence-electron chi connectivity index (χ1n) is 5.70. The van der Waals surface area contributed by atoms with Crippen molar-refractivity contribution >= 4 is 5.97 Å². The summed E-state index contributed by atoms with van der Waals surface area (Å²) in [6, 6.07) is 0.124. The molecule has 0 N–H and O–H groups in total. The lowest BCUT2D eigenvalue weighted by Crippen LogP contribution is -2.26. The number of rotatable bonds is 5. The van der Waals surface area contributed by atoms with Crippen LogP contribution in [0, 0.1) is 6.92 Å². The predicted molar refractivity (Wildman–Crippen MR) is 64.0 cm³/mol. The molecule has 1 unspecified atom stereocenters. The van der Waals surface area contributed by atoms with Crippen LogP contribution in [-0.4, -0.2) is 52.9 Å². The highest BCUT2D eigenvalue weighted by molar-refractivity contribution is 5.85. The fourth-order valence-corrected chi connectivity index (χ4v) is 1.84. The van der Waals surface area contributed by atoms with Gasteiger partial charge < -0.3 is 14.2 Å². The molecule has 0 fully saturated rings. The molecule has 6 heteroatoms. The number of likely N-dealkylation sites (N-methyl/N-ethyl adjacent to an activating group) is 1. The van der Waals surface area contributed by atoms with Gasteiger partial charge in [-0.1, -0.05) is 0 Å². The monoisotopic (exact) mass is 240 g/mol. The highest BCUT2D eigenvalue weighted by atomic mass is 16.5. The van der Waals surface area contributed by atoms with Crippen molar-refractivity contribution in [3.8, 4) is 0 Å². The lowest BCUT2D eigenvalue weighted by molar-refractivity contribution is 0.0502. The molecule has 1 aromatic rings. The van der Waals surface area contributed by atoms with Crippen LogP contribution >= 0.6 is 0 Å². The summed E-state index contributed by atoms with van der Waals surface area (Å²) in [7, 11) is 3.97. The molecule has 0 saturated carbocycles. The molecule has 17 heavy (non-hydrogen) atoms. The smallest absolute Gasteiger partial charge is 0.376 e. The van der Waals surface area contributed by atoms with Gasteiger partial charge in [-0.2, -0.15) is 0 Å². The van der Waals surface area contributed by atoms with E-state index in [4.69, 9.17) is 4.74 Å². The van der Waals surface area contributed by atoms with E-state index in [1.807, 2.05) is 32.5 Å². The largest absolute Gasteiger partial charge is 0.460 e. The van der Waals surface area contributed by atoms with Gasteiger partial charge in [0.15, 0.2) is 0 Å². The molecule has 0 aliphatic rings. The average molecular weight is 240 g/mol. The second kappa shape index (κ2) is 5.77. The molecule has 0 aliphatic heterocycles. The third-order valence-corrected chi connectivity index (χ3v) is 2.39. The van der Waals surface area contributed by atoms with Crippen molar-refractivity contribution in [3.63, 3.8) is 0 Å². The summed E-state index contributed by atoms with van der Waals surface area (Å²) in [5.41, 5.74) is 0. The van der Waals surface area contributed by atoms with Gasteiger partial charge in [0.05, 0.1) is 6.61 Å². The molecule has 1 aromatic heterocycles. The van der Waals surface area contributed by atoms with Gasteiger partial charge in [-0.3, -0.25) is 0 Å². The Bertz CT molecular complexity index is 387. The Morgan fingerprint density at radius 1 is 1.47 bits per heavy atom. The van der Waals surface area contributed by atoms with E-state index in [-0.39, 0.29) is 11.9 Å². The van der Waals surface area contributed by atoms with Gasteiger partial charge in [0, 0.05) is 12.6 Å². The molecule has 0 spiro atoms. The highest BCUT2D eigenvalue weighted by Gasteiger charge is 2.21. The van der Waals surface area contributed by atoms with Crippen molar-refractivity contribution in [2.75, 3.05) is 27.2 Å². The summed E-state index contributed by atoms with van der Waals surface area (Å²) in [6.45, 7) is 6.79. The zero-order valence-corrected chi connectivity index (χ0v) is 11.1. The summed E-state index contributed by atoms with van der Waals surface area (Å²) in [6.07, 6.45) is 0. The van der Waals surface area contributed by atoms with Gasteiger partial charge in [-0.25, -0.2) is 4.79 Å². The van der Waals surface area contributed by atoms with E-state index in [1.54, 1.807) is 6.92 Å². The number of hydrogen-bond acceptors (Lipinski definition) is 5. The van der Waals surface area contributed by atoms with Crippen LogP contribution in [-0.2, 0) is 4.74 Å². The van der Waals surface area contributed by atoms with E-state index >= 15 is 0 Å². The van der Waals surface area contributed by atoms with Gasteiger partial charge in [0.2, 0.25) is 5.82 Å². The van der Waals surface area contributed by atoms with Gasteiger partial charge in [0.25, 0.3) is 0 Å². The summed E-state index contributed by atoms with van der Waals surface area (Å²) < 4.78 is 6.78. The highest BCUT2D eigenvalue weighted by Crippen LogP contribution is 2.13. The van der Waals surface area contributed by atoms with Crippen molar-refractivity contribution in [2.24, 2.45) is 0 Å². The van der Waals surface area contributed by atoms with Gasteiger partial charge in [-0.15, -0.1) is 10.2 Å². The van der Waals surface area contributed by atoms with Crippen LogP contribution in [0.2, 0.25) is 0 Å². The van der Waals surface area contributed by atoms with Crippen LogP contribution in [0.3, 0.4) is 0 Å². The molecule has 6 nitrogen and oxygen atoms in total. The van der Waals surface area contributed by atoms with E-state index in [2.05, 4.69) is 15.1 Å². The molecule has 1 atom stereocenters. The minimum Gasteiger partial charge on any atom is -0.460 e. The van der Waals surface area contributed by atoms with Crippen molar-refractivity contribution in [1.29, 1.82) is 0 Å². The molecule has 0 aromatic carbocycles. The lowest BCUT2D eigenvalue weighted by atomic mass is 10.3. The van der Waals surface area contributed by atoms with Gasteiger partial charge in [0.1, 0.15) is 5.82 Å². The first kappa shape index (κ1) is 13.6. The number of aromatic nitrogens is 3. The van der Waals surface area contributed by atoms with E-state index in [0.717, 1.165) is 12.4 Å². The Morgan fingerprint density at radius 2 is 2.12 bits per heavy atom. The first-order chi connectivity index (χ1) is 7.97. The van der Waals surface area contributed by atoms with Crippen molar-refractivity contribution in [2.45, 2.75) is 26.8 Å². The Balaban J connectivity index is 2.97. The Kier molecular flexibility index (Phi) is 4.62. The SMILES string of the molecule is CCOC(=O)c1nnc(C)n1C(C)CN(C)C. The maximum Gasteiger partial charge on any atom is 0.376 e. The normalized spacial score (nSPS) is 12.8. The summed E-state index contributed by atoms with van der Waals surface area (Å²) in [5.74, 6) is 0.583. The van der Waals surface area contributed by atoms with Crippen LogP contribution in [0.1, 0.15) is 36.3 Å². The number of esters is 1. The van der Waals surface area contributed by atoms with Gasteiger partial charge >= 0.3 is 5.97 Å². The van der Waals surface area contributed by atoms with Crippen molar-refractivity contribution < 1.29 is 9.53 Å². The second-order valence-corrected chi connectivity index (χ2v) is 4.27. The van der Waals surface area contributed by atoms with Crippen LogP contribution in [0.4, 0.5) is 0 Å². The van der Waals surface area contributed by atoms with E-state index in [1.165, 1.54) is 0 Å². The van der Waals surface area contributed by atoms with Crippen LogP contribution in [0.25, 0.3) is 0 Å². The number of ether oxygens (including phenoxy) is 1. The summed E-state index contributed by atoms with van der Waals surface area (Å²) >= 11 is 0. The molecular formula is C11H20N4O2. The first-order valence-corrected chi connectivity index (χ1v) is 5.70. The maximum absolute atomic E-state index is 11.7. The van der Waals surface area contributed by atoms with Gasteiger partial charge in [-0.05, 0) is 34.9 Å². The number of carbonyl (C=O) groups is 1. The average Bonchev–Trinajstić information content (AvgIpc) is 2.59. The number of hydrogen-bond donors (Lipinski definition) is 0. The number of carbonyl (C=O) groups excluding carboxylic acids is 1. The Morgan fingerprint density at radius 3 is 2.65 bits per heavy atom. The van der Waals surface area contributed by atoms with Crippen molar-refractivity contribution in [1.82, 2.24) is 19.7 Å². The summed E-state index contributed by atoms with van der Waals surface area (Å²) in [4.78, 5) is 13.8. The molecule has 1 heterocycles. The van der Waals surface area contributed by atoms with E-state index < -0.39 is 5.97 Å². The summed E-state index contributed by atoms with van der Waals surface area (Å²) in [5, 5.41) is 7.82. The van der Waals surface area contributed by atoms with Crippen LogP contribution in [0.5, 0.6) is 0 Å². The molecule has 0 radical (unpaired) electrons. The number of aryl methyl sites for hydroxylation is 1. The minimum absolute atomic E-state index is 0.124. The Hall–Kier alpha value is -1.43. The fraction of sp³-hybridized carbons (Fsp3) is 0.727. The Labute approximate surface area is 102 Å². The topological polar surface area (TPSA) is 60.2 Å². The van der Waals surface area contributed by atoms with Crippen molar-refractivity contribution in [3.05, 3.63) is 11.6 Å². The minimum atomic E-state index is -0.418. The second-order valence-electron chi connectivity index (χ2n) is 4.27. The lowest BCUT2D eigenvalue weighted by Gasteiger charge is -2.20. The molecule has 1 rings (SSSR count). The predicted octanol–water partition coefficient (Wildman–Crippen LogP) is 0.886. The third kappa shape index (κ3) is 3.26. The molecule has 0 aliphatic carbocycles. The maximum atomic E-state index is 11.7. The zero-order valence-electron chi connectivity index (χ0n) is 11.1. The molecular weight excluding hydrogens is 220 g/mol. The third-order valence-electron chi connectivity index (χ3n) is 2.39. The molecule has 0 bridgehead atoms.